The average Bonchev–Trinajstić information content (AvgIpc) is 3.27. The van der Waals surface area contributed by atoms with Gasteiger partial charge in [-0.05, 0) is 84.6 Å². The Labute approximate surface area is 179 Å². The van der Waals surface area contributed by atoms with E-state index in [2.05, 4.69) is 33.0 Å². The highest BCUT2D eigenvalue weighted by Crippen LogP contribution is 2.29. The van der Waals surface area contributed by atoms with Crippen molar-refractivity contribution in [3.05, 3.63) is 46.7 Å². The minimum Gasteiger partial charge on any atom is -0.469 e. The molecule has 30 heavy (non-hydrogen) atoms. The van der Waals surface area contributed by atoms with Crippen molar-refractivity contribution >= 4 is 16.9 Å². The van der Waals surface area contributed by atoms with Crippen LogP contribution in [0.25, 0.3) is 11.0 Å². The van der Waals surface area contributed by atoms with E-state index in [1.165, 1.54) is 5.56 Å². The number of furan rings is 1. The molecule has 0 fully saturated rings. The van der Waals surface area contributed by atoms with Crippen molar-refractivity contribution < 1.29 is 9.21 Å². The third kappa shape index (κ3) is 4.74. The van der Waals surface area contributed by atoms with Gasteiger partial charge in [0.15, 0.2) is 5.65 Å². The summed E-state index contributed by atoms with van der Waals surface area (Å²) in [4.78, 5) is 17.4. The number of fused-ring (bicyclic) bond motifs is 1. The van der Waals surface area contributed by atoms with E-state index in [9.17, 15) is 4.79 Å². The van der Waals surface area contributed by atoms with Crippen LogP contribution >= 0.6 is 0 Å². The second-order valence-electron chi connectivity index (χ2n) is 9.25. The van der Waals surface area contributed by atoms with Gasteiger partial charge in [0.25, 0.3) is 0 Å². The molecule has 1 atom stereocenters. The van der Waals surface area contributed by atoms with Crippen molar-refractivity contribution in [1.29, 1.82) is 0 Å². The smallest absolute Gasteiger partial charge is 0.220 e. The zero-order valence-corrected chi connectivity index (χ0v) is 19.3. The van der Waals surface area contributed by atoms with Gasteiger partial charge in [0.2, 0.25) is 5.91 Å². The number of hydrogen-bond donors (Lipinski definition) is 1. The number of carbonyl (C=O) groups excluding carboxylic acids is 1. The Kier molecular flexibility index (Phi) is 6.34. The number of amides is 1. The molecule has 0 unspecified atom stereocenters. The maximum Gasteiger partial charge on any atom is 0.220 e. The fourth-order valence-corrected chi connectivity index (χ4v) is 4.01. The summed E-state index contributed by atoms with van der Waals surface area (Å²) >= 11 is 0. The number of aryl methyl sites for hydroxylation is 4. The van der Waals surface area contributed by atoms with Gasteiger partial charge in [-0.2, -0.15) is 5.10 Å². The van der Waals surface area contributed by atoms with Gasteiger partial charge in [-0.25, -0.2) is 9.67 Å². The van der Waals surface area contributed by atoms with Crippen molar-refractivity contribution in [3.8, 4) is 0 Å². The number of carbonyl (C=O) groups is 1. The number of nitrogens with one attached hydrogen (secondary N) is 1. The lowest BCUT2D eigenvalue weighted by Gasteiger charge is -2.20. The molecule has 0 saturated heterocycles. The molecule has 162 valence electrons. The molecule has 0 aliphatic carbocycles. The Hall–Kier alpha value is -2.63. The van der Waals surface area contributed by atoms with Crippen LogP contribution in [0.4, 0.5) is 0 Å². The molecular weight excluding hydrogens is 376 g/mol. The molecule has 0 radical (unpaired) electrons. The number of hydrogen-bond acceptors (Lipinski definition) is 4. The highest BCUT2D eigenvalue weighted by Gasteiger charge is 2.23. The largest absolute Gasteiger partial charge is 0.469 e. The predicted molar refractivity (Wildman–Crippen MR) is 120 cm³/mol. The molecule has 3 aromatic heterocycles. The fraction of sp³-hybridized carbons (Fsp3) is 0.542. The van der Waals surface area contributed by atoms with Crippen LogP contribution in [0.15, 0.2) is 22.8 Å². The lowest BCUT2D eigenvalue weighted by molar-refractivity contribution is -0.121. The summed E-state index contributed by atoms with van der Waals surface area (Å²) in [5, 5.41) is 8.96. The van der Waals surface area contributed by atoms with Crippen LogP contribution in [-0.4, -0.2) is 26.7 Å². The summed E-state index contributed by atoms with van der Waals surface area (Å²) in [6.07, 6.45) is 4.49. The first-order valence-electron chi connectivity index (χ1n) is 10.8. The Balaban J connectivity index is 1.68. The molecule has 3 aromatic rings. The normalized spacial score (nSPS) is 13.0. The predicted octanol–water partition coefficient (Wildman–Crippen LogP) is 4.77. The van der Waals surface area contributed by atoms with Gasteiger partial charge in [0.1, 0.15) is 5.76 Å². The van der Waals surface area contributed by atoms with E-state index in [0.717, 1.165) is 46.6 Å². The minimum absolute atomic E-state index is 0.0722. The van der Waals surface area contributed by atoms with E-state index in [0.29, 0.717) is 12.8 Å². The standard InChI is InChI=1S/C24H34N4O2/c1-15(10-11-19-9-8-14-30-19)25-21(29)13-12-20-16(2)22-18(4)27-28(24(5,6)7)23(22)26-17(20)3/h8-9,14-15H,10-13H2,1-7H3,(H,25,29)/t15-/m1/s1. The van der Waals surface area contributed by atoms with Crippen LogP contribution in [-0.2, 0) is 23.2 Å². The molecule has 0 aliphatic heterocycles. The number of nitrogens with zero attached hydrogens (tertiary/aromatic N) is 3. The highest BCUT2D eigenvalue weighted by molar-refractivity contribution is 5.84. The molecule has 3 rings (SSSR count). The molecule has 6 heteroatoms. The number of pyridine rings is 1. The molecule has 0 aliphatic rings. The van der Waals surface area contributed by atoms with Crippen molar-refractivity contribution in [2.24, 2.45) is 0 Å². The van der Waals surface area contributed by atoms with Crippen molar-refractivity contribution in [2.75, 3.05) is 0 Å². The summed E-state index contributed by atoms with van der Waals surface area (Å²) in [6.45, 7) is 14.6. The van der Waals surface area contributed by atoms with Crippen molar-refractivity contribution in [1.82, 2.24) is 20.1 Å². The van der Waals surface area contributed by atoms with Crippen LogP contribution in [0.3, 0.4) is 0 Å². The zero-order chi connectivity index (χ0) is 22.1. The monoisotopic (exact) mass is 410 g/mol. The van der Waals surface area contributed by atoms with Crippen LogP contribution in [0, 0.1) is 20.8 Å². The van der Waals surface area contributed by atoms with Gasteiger partial charge in [0.05, 0.1) is 17.5 Å². The topological polar surface area (TPSA) is 73.0 Å². The fourth-order valence-electron chi connectivity index (χ4n) is 4.01. The maximum absolute atomic E-state index is 12.5. The Morgan fingerprint density at radius 3 is 2.57 bits per heavy atom. The Bertz CT molecular complexity index is 1030. The van der Waals surface area contributed by atoms with E-state index in [-0.39, 0.29) is 17.5 Å². The first kappa shape index (κ1) is 22.1. The second-order valence-corrected chi connectivity index (χ2v) is 9.25. The molecule has 6 nitrogen and oxygen atoms in total. The van der Waals surface area contributed by atoms with Gasteiger partial charge >= 0.3 is 0 Å². The second kappa shape index (κ2) is 8.62. The quantitative estimate of drug-likeness (QED) is 0.609. The molecule has 0 aromatic carbocycles. The van der Waals surface area contributed by atoms with E-state index in [1.807, 2.05) is 37.6 Å². The molecule has 1 amide bonds. The molecule has 0 saturated carbocycles. The van der Waals surface area contributed by atoms with Crippen LogP contribution in [0.2, 0.25) is 0 Å². The Morgan fingerprint density at radius 2 is 1.93 bits per heavy atom. The lowest BCUT2D eigenvalue weighted by atomic mass is 9.98. The minimum atomic E-state index is -0.133. The highest BCUT2D eigenvalue weighted by atomic mass is 16.3. The van der Waals surface area contributed by atoms with Gasteiger partial charge < -0.3 is 9.73 Å². The summed E-state index contributed by atoms with van der Waals surface area (Å²) in [6, 6.07) is 3.96. The molecular formula is C24H34N4O2. The molecule has 0 spiro atoms. The Morgan fingerprint density at radius 1 is 1.20 bits per heavy atom. The lowest BCUT2D eigenvalue weighted by Crippen LogP contribution is -2.33. The summed E-state index contributed by atoms with van der Waals surface area (Å²) in [7, 11) is 0. The summed E-state index contributed by atoms with van der Waals surface area (Å²) < 4.78 is 7.37. The third-order valence-corrected chi connectivity index (χ3v) is 5.62. The molecule has 3 heterocycles. The molecule has 1 N–H and O–H groups in total. The van der Waals surface area contributed by atoms with Crippen LogP contribution in [0.5, 0.6) is 0 Å². The molecule has 0 bridgehead atoms. The van der Waals surface area contributed by atoms with Gasteiger partial charge in [-0.1, -0.05) is 0 Å². The summed E-state index contributed by atoms with van der Waals surface area (Å²) in [5.74, 6) is 1.02. The van der Waals surface area contributed by atoms with Gasteiger partial charge in [0, 0.05) is 30.0 Å². The number of aromatic nitrogens is 3. The first-order chi connectivity index (χ1) is 14.1. The van der Waals surface area contributed by atoms with Gasteiger partial charge in [-0.15, -0.1) is 0 Å². The van der Waals surface area contributed by atoms with E-state index in [1.54, 1.807) is 6.26 Å². The van der Waals surface area contributed by atoms with Crippen molar-refractivity contribution in [3.63, 3.8) is 0 Å². The average molecular weight is 411 g/mol. The van der Waals surface area contributed by atoms with Crippen LogP contribution < -0.4 is 5.32 Å². The van der Waals surface area contributed by atoms with E-state index < -0.39 is 0 Å². The van der Waals surface area contributed by atoms with Crippen molar-refractivity contribution in [2.45, 2.75) is 85.7 Å². The number of rotatable bonds is 7. The van der Waals surface area contributed by atoms with Gasteiger partial charge in [-0.3, -0.25) is 4.79 Å². The van der Waals surface area contributed by atoms with Crippen LogP contribution in [0.1, 0.15) is 68.8 Å². The zero-order valence-electron chi connectivity index (χ0n) is 19.3. The SMILES string of the molecule is Cc1nc2c(c(C)nn2C(C)(C)C)c(C)c1CCC(=O)N[C@H](C)CCc1ccco1. The third-order valence-electron chi connectivity index (χ3n) is 5.62. The summed E-state index contributed by atoms with van der Waals surface area (Å²) in [5.41, 5.74) is 5.09. The first-order valence-corrected chi connectivity index (χ1v) is 10.8. The van der Waals surface area contributed by atoms with E-state index >= 15 is 0 Å². The van der Waals surface area contributed by atoms with E-state index in [4.69, 9.17) is 14.5 Å². The maximum atomic E-state index is 12.5.